The summed E-state index contributed by atoms with van der Waals surface area (Å²) < 4.78 is 14.5. The molecule has 2 aromatic rings. The Bertz CT molecular complexity index is 735. The lowest BCUT2D eigenvalue weighted by Crippen LogP contribution is -2.51. The van der Waals surface area contributed by atoms with Gasteiger partial charge in [-0.1, -0.05) is 0 Å². The van der Waals surface area contributed by atoms with Gasteiger partial charge in [0, 0.05) is 45.0 Å². The number of nitrogens with zero attached hydrogens (tertiary/aromatic N) is 4. The van der Waals surface area contributed by atoms with Crippen molar-refractivity contribution in [3.63, 3.8) is 0 Å². The minimum atomic E-state index is -0.372. The number of benzene rings is 1. The smallest absolute Gasteiger partial charge is 0.322 e. The number of carbonyl (C=O) groups is 2. The fraction of sp³-hybridized carbons (Fsp3) is 0.312. The number of halogens is 1. The van der Waals surface area contributed by atoms with E-state index in [0.29, 0.717) is 37.4 Å². The second-order valence-corrected chi connectivity index (χ2v) is 5.62. The summed E-state index contributed by atoms with van der Waals surface area (Å²) >= 11 is 0. The molecule has 1 aliphatic rings. The summed E-state index contributed by atoms with van der Waals surface area (Å²) in [5.74, 6) is -0.522. The van der Waals surface area contributed by atoms with Gasteiger partial charge in [-0.3, -0.25) is 9.48 Å². The lowest BCUT2D eigenvalue weighted by Gasteiger charge is -2.34. The average molecular weight is 331 g/mol. The summed E-state index contributed by atoms with van der Waals surface area (Å²) in [4.78, 5) is 27.9. The number of rotatable bonds is 2. The minimum Gasteiger partial charge on any atom is -0.335 e. The SMILES string of the molecule is Cn1cc(NC(=O)N2CCN(C(=O)c3ccc(F)cc3)CC2)cn1. The number of nitrogens with one attached hydrogen (secondary N) is 1. The molecule has 0 aliphatic carbocycles. The molecule has 0 atom stereocenters. The third-order valence-corrected chi connectivity index (χ3v) is 3.90. The van der Waals surface area contributed by atoms with Gasteiger partial charge in [0.2, 0.25) is 0 Å². The van der Waals surface area contributed by atoms with Gasteiger partial charge in [-0.05, 0) is 24.3 Å². The van der Waals surface area contributed by atoms with Crippen molar-refractivity contribution >= 4 is 17.6 Å². The van der Waals surface area contributed by atoms with Gasteiger partial charge in [-0.25, -0.2) is 9.18 Å². The van der Waals surface area contributed by atoms with E-state index >= 15 is 0 Å². The van der Waals surface area contributed by atoms with Crippen LogP contribution in [0.15, 0.2) is 36.7 Å². The predicted octanol–water partition coefficient (Wildman–Crippen LogP) is 1.55. The van der Waals surface area contributed by atoms with Crippen molar-refractivity contribution in [3.05, 3.63) is 48.0 Å². The second kappa shape index (κ2) is 6.69. The van der Waals surface area contributed by atoms with Gasteiger partial charge in [0.25, 0.3) is 5.91 Å². The van der Waals surface area contributed by atoms with Gasteiger partial charge in [-0.15, -0.1) is 0 Å². The lowest BCUT2D eigenvalue weighted by molar-refractivity contribution is 0.0671. The van der Waals surface area contributed by atoms with Gasteiger partial charge in [0.05, 0.1) is 11.9 Å². The molecular weight excluding hydrogens is 313 g/mol. The molecule has 24 heavy (non-hydrogen) atoms. The predicted molar refractivity (Wildman–Crippen MR) is 86.1 cm³/mol. The van der Waals surface area contributed by atoms with Crippen LogP contribution in [0.3, 0.4) is 0 Å². The molecule has 0 radical (unpaired) electrons. The fourth-order valence-electron chi connectivity index (χ4n) is 2.58. The normalized spacial score (nSPS) is 14.6. The van der Waals surface area contributed by atoms with Gasteiger partial charge < -0.3 is 15.1 Å². The summed E-state index contributed by atoms with van der Waals surface area (Å²) in [5.41, 5.74) is 1.08. The molecule has 3 amide bonds. The zero-order chi connectivity index (χ0) is 17.1. The van der Waals surface area contributed by atoms with Crippen molar-refractivity contribution in [2.24, 2.45) is 7.05 Å². The molecule has 1 N–H and O–H groups in total. The number of anilines is 1. The van der Waals surface area contributed by atoms with Crippen LogP contribution in [0.5, 0.6) is 0 Å². The Morgan fingerprint density at radius 3 is 2.29 bits per heavy atom. The number of aryl methyl sites for hydroxylation is 1. The topological polar surface area (TPSA) is 70.5 Å². The van der Waals surface area contributed by atoms with E-state index in [1.54, 1.807) is 33.9 Å². The second-order valence-electron chi connectivity index (χ2n) is 5.62. The monoisotopic (exact) mass is 331 g/mol. The van der Waals surface area contributed by atoms with Crippen molar-refractivity contribution < 1.29 is 14.0 Å². The third kappa shape index (κ3) is 3.53. The maximum atomic E-state index is 12.9. The molecule has 1 saturated heterocycles. The molecule has 0 unspecified atom stereocenters. The Labute approximate surface area is 138 Å². The highest BCUT2D eigenvalue weighted by molar-refractivity contribution is 5.94. The first-order chi connectivity index (χ1) is 11.5. The number of piperazine rings is 1. The molecule has 8 heteroatoms. The van der Waals surface area contributed by atoms with E-state index in [1.807, 2.05) is 0 Å². The van der Waals surface area contributed by atoms with Crippen LogP contribution in [0.2, 0.25) is 0 Å². The molecule has 1 aliphatic heterocycles. The van der Waals surface area contributed by atoms with E-state index in [0.717, 1.165) is 0 Å². The highest BCUT2D eigenvalue weighted by Gasteiger charge is 2.25. The van der Waals surface area contributed by atoms with Crippen LogP contribution in [0.4, 0.5) is 14.9 Å². The Morgan fingerprint density at radius 2 is 1.71 bits per heavy atom. The summed E-state index contributed by atoms with van der Waals surface area (Å²) in [6.07, 6.45) is 3.29. The maximum absolute atomic E-state index is 12.9. The molecule has 1 aromatic carbocycles. The molecule has 7 nitrogen and oxygen atoms in total. The number of hydrogen-bond donors (Lipinski definition) is 1. The van der Waals surface area contributed by atoms with E-state index < -0.39 is 0 Å². The van der Waals surface area contributed by atoms with Crippen LogP contribution in [0.1, 0.15) is 10.4 Å². The number of carbonyl (C=O) groups excluding carboxylic acids is 2. The minimum absolute atomic E-state index is 0.151. The molecule has 0 saturated carbocycles. The van der Waals surface area contributed by atoms with Crippen LogP contribution in [-0.4, -0.2) is 57.7 Å². The number of aromatic nitrogens is 2. The zero-order valence-corrected chi connectivity index (χ0v) is 13.3. The van der Waals surface area contributed by atoms with Crippen molar-refractivity contribution in [2.75, 3.05) is 31.5 Å². The summed E-state index contributed by atoms with van der Waals surface area (Å²) in [6, 6.07) is 5.27. The maximum Gasteiger partial charge on any atom is 0.322 e. The van der Waals surface area contributed by atoms with Crippen molar-refractivity contribution in [2.45, 2.75) is 0 Å². The fourth-order valence-corrected chi connectivity index (χ4v) is 2.58. The largest absolute Gasteiger partial charge is 0.335 e. The Hall–Kier alpha value is -2.90. The number of hydrogen-bond acceptors (Lipinski definition) is 3. The first-order valence-corrected chi connectivity index (χ1v) is 7.62. The molecule has 3 rings (SSSR count). The zero-order valence-electron chi connectivity index (χ0n) is 13.3. The molecule has 2 heterocycles. The molecule has 1 fully saturated rings. The van der Waals surface area contributed by atoms with E-state index in [-0.39, 0.29) is 17.8 Å². The Balaban J connectivity index is 1.54. The first kappa shape index (κ1) is 16.0. The van der Waals surface area contributed by atoms with E-state index in [1.165, 1.54) is 24.3 Å². The van der Waals surface area contributed by atoms with Crippen molar-refractivity contribution in [1.82, 2.24) is 19.6 Å². The van der Waals surface area contributed by atoms with Crippen LogP contribution in [-0.2, 0) is 7.05 Å². The van der Waals surface area contributed by atoms with Gasteiger partial charge in [-0.2, -0.15) is 5.10 Å². The molecule has 1 aromatic heterocycles. The highest BCUT2D eigenvalue weighted by Crippen LogP contribution is 2.11. The molecular formula is C16H18FN5O2. The van der Waals surface area contributed by atoms with Crippen molar-refractivity contribution in [3.8, 4) is 0 Å². The van der Waals surface area contributed by atoms with Crippen LogP contribution >= 0.6 is 0 Å². The third-order valence-electron chi connectivity index (χ3n) is 3.90. The van der Waals surface area contributed by atoms with Crippen LogP contribution in [0, 0.1) is 5.82 Å². The molecule has 126 valence electrons. The number of amides is 3. The lowest BCUT2D eigenvalue weighted by atomic mass is 10.2. The molecule has 0 bridgehead atoms. The van der Waals surface area contributed by atoms with Crippen LogP contribution < -0.4 is 5.32 Å². The van der Waals surface area contributed by atoms with Gasteiger partial charge in [0.15, 0.2) is 0 Å². The highest BCUT2D eigenvalue weighted by atomic mass is 19.1. The summed E-state index contributed by atoms with van der Waals surface area (Å²) in [7, 11) is 1.77. The van der Waals surface area contributed by atoms with Gasteiger partial charge >= 0.3 is 6.03 Å². The standard InChI is InChI=1S/C16H18FN5O2/c1-20-11-14(10-18-20)19-16(24)22-8-6-21(7-9-22)15(23)12-2-4-13(17)5-3-12/h2-5,10-11H,6-9H2,1H3,(H,19,24). The van der Waals surface area contributed by atoms with E-state index in [9.17, 15) is 14.0 Å². The quantitative estimate of drug-likeness (QED) is 0.908. The summed E-state index contributed by atoms with van der Waals surface area (Å²) in [5, 5.41) is 6.77. The van der Waals surface area contributed by atoms with E-state index in [2.05, 4.69) is 10.4 Å². The van der Waals surface area contributed by atoms with Gasteiger partial charge in [0.1, 0.15) is 5.82 Å². The van der Waals surface area contributed by atoms with Crippen molar-refractivity contribution in [1.29, 1.82) is 0 Å². The van der Waals surface area contributed by atoms with Crippen LogP contribution in [0.25, 0.3) is 0 Å². The summed E-state index contributed by atoms with van der Waals surface area (Å²) in [6.45, 7) is 1.77. The number of urea groups is 1. The van der Waals surface area contributed by atoms with E-state index in [4.69, 9.17) is 0 Å². The first-order valence-electron chi connectivity index (χ1n) is 7.62. The Kier molecular flexibility index (Phi) is 4.45. The Morgan fingerprint density at radius 1 is 1.08 bits per heavy atom. The average Bonchev–Trinajstić information content (AvgIpc) is 3.00. The molecule has 0 spiro atoms.